The molecule has 0 saturated heterocycles. The Bertz CT molecular complexity index is 859. The molecule has 0 amide bonds. The van der Waals surface area contributed by atoms with Crippen molar-refractivity contribution in [2.45, 2.75) is 29.0 Å². The number of hydrogen-bond acceptors (Lipinski definition) is 8. The summed E-state index contributed by atoms with van der Waals surface area (Å²) in [6.45, 7) is 1.58. The fourth-order valence-electron chi connectivity index (χ4n) is 2.71. The largest absolute Gasteiger partial charge is 0.507 e. The van der Waals surface area contributed by atoms with Gasteiger partial charge in [-0.05, 0) is 12.1 Å². The van der Waals surface area contributed by atoms with E-state index in [9.17, 15) is 24.9 Å². The molecule has 0 radical (unpaired) electrons. The minimum absolute atomic E-state index is 0.0128. The van der Waals surface area contributed by atoms with E-state index in [1.807, 2.05) is 0 Å². The van der Waals surface area contributed by atoms with E-state index >= 15 is 0 Å². The Morgan fingerprint density at radius 1 is 1.43 bits per heavy atom. The summed E-state index contributed by atoms with van der Waals surface area (Å²) in [6, 6.07) is 4.29. The van der Waals surface area contributed by atoms with Crippen molar-refractivity contribution < 1.29 is 29.3 Å². The molecule has 122 valence electrons. The standard InChI is InChI=1S/C15H14O7S/c1-6-12(18)15(20,14(19)21-2)10-11(17)9-7(16)4-3-5-8(9)22-13(10)23-6/h3-6,12,16,18,20H,1-2H3/t6-,12+,15+/m0/s1. The second kappa shape index (κ2) is 5.26. The summed E-state index contributed by atoms with van der Waals surface area (Å²) < 4.78 is 10.1. The van der Waals surface area contributed by atoms with E-state index < -0.39 is 33.9 Å². The Labute approximate surface area is 134 Å². The van der Waals surface area contributed by atoms with E-state index in [4.69, 9.17) is 4.42 Å². The van der Waals surface area contributed by atoms with Crippen molar-refractivity contribution in [2.75, 3.05) is 7.11 Å². The maximum atomic E-state index is 12.8. The van der Waals surface area contributed by atoms with E-state index in [0.717, 1.165) is 18.9 Å². The molecule has 3 atom stereocenters. The minimum atomic E-state index is -2.56. The number of phenols is 1. The average Bonchev–Trinajstić information content (AvgIpc) is 2.51. The lowest BCUT2D eigenvalue weighted by Gasteiger charge is -2.37. The van der Waals surface area contributed by atoms with E-state index in [1.54, 1.807) is 6.92 Å². The molecule has 3 rings (SSSR count). The fraction of sp³-hybridized carbons (Fsp3) is 0.333. The Morgan fingerprint density at radius 3 is 2.78 bits per heavy atom. The maximum absolute atomic E-state index is 12.8. The van der Waals surface area contributed by atoms with Gasteiger partial charge in [0.25, 0.3) is 0 Å². The van der Waals surface area contributed by atoms with Crippen molar-refractivity contribution in [1.29, 1.82) is 0 Å². The number of esters is 1. The van der Waals surface area contributed by atoms with E-state index in [1.165, 1.54) is 18.2 Å². The predicted octanol–water partition coefficient (Wildman–Crippen LogP) is 0.714. The number of aliphatic hydroxyl groups is 2. The number of benzene rings is 1. The van der Waals surface area contributed by atoms with Crippen LogP contribution in [-0.2, 0) is 15.1 Å². The van der Waals surface area contributed by atoms with Gasteiger partial charge in [-0.1, -0.05) is 24.8 Å². The highest BCUT2D eigenvalue weighted by atomic mass is 32.2. The molecule has 1 aliphatic heterocycles. The number of phenolic OH excluding ortho intramolecular Hbond substituents is 1. The van der Waals surface area contributed by atoms with Crippen molar-refractivity contribution >= 4 is 28.7 Å². The van der Waals surface area contributed by atoms with Crippen molar-refractivity contribution in [2.24, 2.45) is 0 Å². The third-order valence-electron chi connectivity index (χ3n) is 3.91. The van der Waals surface area contributed by atoms with Crippen LogP contribution in [0.25, 0.3) is 11.0 Å². The van der Waals surface area contributed by atoms with Gasteiger partial charge in [0.1, 0.15) is 22.8 Å². The number of ether oxygens (including phenoxy) is 1. The highest BCUT2D eigenvalue weighted by molar-refractivity contribution is 7.99. The van der Waals surface area contributed by atoms with Gasteiger partial charge >= 0.3 is 5.97 Å². The Balaban J connectivity index is 2.44. The molecule has 0 saturated carbocycles. The van der Waals surface area contributed by atoms with Gasteiger partial charge in [0, 0.05) is 5.25 Å². The molecule has 1 aromatic heterocycles. The first-order valence-corrected chi connectivity index (χ1v) is 7.65. The molecule has 1 aliphatic rings. The van der Waals surface area contributed by atoms with Crippen LogP contribution < -0.4 is 5.43 Å². The zero-order valence-electron chi connectivity index (χ0n) is 12.3. The minimum Gasteiger partial charge on any atom is -0.507 e. The smallest absolute Gasteiger partial charge is 0.345 e. The van der Waals surface area contributed by atoms with Crippen LogP contribution in [0.4, 0.5) is 0 Å². The number of rotatable bonds is 1. The molecule has 2 aromatic rings. The van der Waals surface area contributed by atoms with Gasteiger partial charge in [-0.15, -0.1) is 0 Å². The van der Waals surface area contributed by atoms with Crippen LogP contribution in [0.15, 0.2) is 32.5 Å². The fourth-order valence-corrected chi connectivity index (χ4v) is 3.88. The normalized spacial score (nSPS) is 26.8. The van der Waals surface area contributed by atoms with Gasteiger partial charge < -0.3 is 24.5 Å². The van der Waals surface area contributed by atoms with Gasteiger partial charge in [0.2, 0.25) is 11.0 Å². The Morgan fingerprint density at radius 2 is 2.13 bits per heavy atom. The molecule has 1 aromatic carbocycles. The van der Waals surface area contributed by atoms with Crippen LogP contribution in [0, 0.1) is 0 Å². The van der Waals surface area contributed by atoms with Crippen LogP contribution in [0.5, 0.6) is 5.75 Å². The first-order chi connectivity index (χ1) is 10.8. The van der Waals surface area contributed by atoms with Crippen LogP contribution in [0.3, 0.4) is 0 Å². The molecule has 7 nitrogen and oxygen atoms in total. The molecule has 0 aliphatic carbocycles. The average molecular weight is 338 g/mol. The monoisotopic (exact) mass is 338 g/mol. The molecule has 0 fully saturated rings. The molecule has 0 spiro atoms. The summed E-state index contributed by atoms with van der Waals surface area (Å²) in [6.07, 6.45) is -1.57. The zero-order valence-corrected chi connectivity index (χ0v) is 13.1. The summed E-state index contributed by atoms with van der Waals surface area (Å²) in [4.78, 5) is 24.9. The zero-order chi connectivity index (χ0) is 16.9. The van der Waals surface area contributed by atoms with Gasteiger partial charge in [-0.3, -0.25) is 4.79 Å². The topological polar surface area (TPSA) is 117 Å². The number of thioether (sulfide) groups is 1. The second-order valence-corrected chi connectivity index (χ2v) is 6.62. The van der Waals surface area contributed by atoms with Gasteiger partial charge in [-0.25, -0.2) is 4.79 Å². The maximum Gasteiger partial charge on any atom is 0.345 e. The lowest BCUT2D eigenvalue weighted by molar-refractivity contribution is -0.179. The van der Waals surface area contributed by atoms with E-state index in [-0.39, 0.29) is 21.8 Å². The van der Waals surface area contributed by atoms with E-state index in [2.05, 4.69) is 4.74 Å². The van der Waals surface area contributed by atoms with Crippen molar-refractivity contribution in [3.05, 3.63) is 34.0 Å². The highest BCUT2D eigenvalue weighted by Gasteiger charge is 2.56. The van der Waals surface area contributed by atoms with E-state index in [0.29, 0.717) is 0 Å². The number of methoxy groups -OCH3 is 1. The summed E-state index contributed by atoms with van der Waals surface area (Å²) in [5, 5.41) is 30.2. The van der Waals surface area contributed by atoms with Crippen molar-refractivity contribution in [3.8, 4) is 5.75 Å². The molecule has 2 heterocycles. The summed E-state index contributed by atoms with van der Waals surface area (Å²) in [5.74, 6) is -1.51. The Hall–Kier alpha value is -2.03. The molecule has 0 bridgehead atoms. The summed E-state index contributed by atoms with van der Waals surface area (Å²) in [5.41, 5.74) is -3.65. The van der Waals surface area contributed by atoms with Crippen LogP contribution >= 0.6 is 11.8 Å². The van der Waals surface area contributed by atoms with Crippen LogP contribution in [0.2, 0.25) is 0 Å². The number of aliphatic hydroxyl groups excluding tert-OH is 1. The number of aromatic hydroxyl groups is 1. The lowest BCUT2D eigenvalue weighted by atomic mass is 9.86. The van der Waals surface area contributed by atoms with Gasteiger partial charge in [-0.2, -0.15) is 0 Å². The van der Waals surface area contributed by atoms with Crippen LogP contribution in [0.1, 0.15) is 12.5 Å². The number of carbonyl (C=O) groups excluding carboxylic acids is 1. The quantitative estimate of drug-likeness (QED) is 0.651. The predicted molar refractivity (Wildman–Crippen MR) is 81.4 cm³/mol. The second-order valence-electron chi connectivity index (χ2n) is 5.27. The molecule has 3 N–H and O–H groups in total. The summed E-state index contributed by atoms with van der Waals surface area (Å²) >= 11 is 1.02. The van der Waals surface area contributed by atoms with Gasteiger partial charge in [0.05, 0.1) is 12.7 Å². The third kappa shape index (κ3) is 2.06. The highest BCUT2D eigenvalue weighted by Crippen LogP contribution is 2.45. The number of carbonyl (C=O) groups is 1. The number of fused-ring (bicyclic) bond motifs is 2. The van der Waals surface area contributed by atoms with Gasteiger partial charge in [0.15, 0.2) is 5.09 Å². The molecular formula is C15H14O7S. The van der Waals surface area contributed by atoms with Crippen molar-refractivity contribution in [3.63, 3.8) is 0 Å². The first kappa shape index (κ1) is 15.9. The molecule has 23 heavy (non-hydrogen) atoms. The van der Waals surface area contributed by atoms with Crippen molar-refractivity contribution in [1.82, 2.24) is 0 Å². The SMILES string of the molecule is COC(=O)[C@@]1(O)c2c(oc3cccc(O)c3c2=O)S[C@@H](C)[C@H]1O. The first-order valence-electron chi connectivity index (χ1n) is 6.77. The summed E-state index contributed by atoms with van der Waals surface area (Å²) in [7, 11) is 1.04. The third-order valence-corrected chi connectivity index (χ3v) is 5.04. The Kier molecular flexibility index (Phi) is 3.62. The molecule has 8 heteroatoms. The lowest BCUT2D eigenvalue weighted by Crippen LogP contribution is -2.55. The van der Waals surface area contributed by atoms with Crippen LogP contribution in [-0.4, -0.2) is 39.8 Å². The molecular weight excluding hydrogens is 324 g/mol. The molecule has 0 unspecified atom stereocenters. The number of hydrogen-bond donors (Lipinski definition) is 3.